The highest BCUT2D eigenvalue weighted by Crippen LogP contribution is 2.41. The van der Waals surface area contributed by atoms with Gasteiger partial charge in [0.25, 0.3) is 0 Å². The van der Waals surface area contributed by atoms with Gasteiger partial charge >= 0.3 is 11.9 Å². The lowest BCUT2D eigenvalue weighted by Gasteiger charge is -2.09. The molecule has 2 aromatic carbocycles. The van der Waals surface area contributed by atoms with E-state index in [0.29, 0.717) is 11.4 Å². The first-order chi connectivity index (χ1) is 13.9. The predicted molar refractivity (Wildman–Crippen MR) is 105 cm³/mol. The number of phenolic OH excluding ortho intramolecular Hbond substituents is 1. The minimum atomic E-state index is -0.839. The second kappa shape index (κ2) is 8.24. The van der Waals surface area contributed by atoms with Crippen LogP contribution < -0.4 is 4.74 Å². The Morgan fingerprint density at radius 3 is 2.24 bits per heavy atom. The van der Waals surface area contributed by atoms with Gasteiger partial charge in [0.2, 0.25) is 0 Å². The number of benzene rings is 2. The van der Waals surface area contributed by atoms with Crippen molar-refractivity contribution in [3.8, 4) is 28.4 Å². The van der Waals surface area contributed by atoms with Crippen LogP contribution in [0.25, 0.3) is 16.9 Å². The summed E-state index contributed by atoms with van der Waals surface area (Å²) in [6, 6.07) is 11.4. The van der Waals surface area contributed by atoms with Crippen molar-refractivity contribution in [3.63, 3.8) is 0 Å². The third-order valence-corrected chi connectivity index (χ3v) is 4.47. The van der Waals surface area contributed by atoms with Crippen LogP contribution in [0.4, 0.5) is 0 Å². The molecule has 0 aliphatic carbocycles. The highest BCUT2D eigenvalue weighted by Gasteiger charge is 2.33. The molecular formula is C20H17ClN2O6. The second-order valence-corrected chi connectivity index (χ2v) is 6.21. The number of hydrogen-bond donors (Lipinski definition) is 1. The number of esters is 2. The van der Waals surface area contributed by atoms with Gasteiger partial charge in [-0.3, -0.25) is 0 Å². The van der Waals surface area contributed by atoms with Crippen LogP contribution in [-0.4, -0.2) is 48.2 Å². The van der Waals surface area contributed by atoms with Gasteiger partial charge in [-0.2, -0.15) is 5.10 Å². The molecule has 0 saturated carbocycles. The van der Waals surface area contributed by atoms with Crippen molar-refractivity contribution >= 4 is 23.5 Å². The number of aromatic hydroxyl groups is 1. The van der Waals surface area contributed by atoms with Gasteiger partial charge in [0.1, 0.15) is 22.8 Å². The molecule has 0 amide bonds. The molecule has 1 N–H and O–H groups in total. The molecule has 0 aliphatic heterocycles. The van der Waals surface area contributed by atoms with E-state index in [1.807, 2.05) is 0 Å². The van der Waals surface area contributed by atoms with Gasteiger partial charge in [0.05, 0.1) is 37.6 Å². The maximum atomic E-state index is 12.6. The van der Waals surface area contributed by atoms with E-state index < -0.39 is 11.9 Å². The van der Waals surface area contributed by atoms with Crippen molar-refractivity contribution in [1.29, 1.82) is 0 Å². The molecule has 1 aromatic heterocycles. The smallest absolute Gasteiger partial charge is 0.357 e. The zero-order chi connectivity index (χ0) is 21.1. The summed E-state index contributed by atoms with van der Waals surface area (Å²) in [4.78, 5) is 25.2. The van der Waals surface area contributed by atoms with Crippen LogP contribution in [0.3, 0.4) is 0 Å². The molecule has 0 radical (unpaired) electrons. The Hall–Kier alpha value is -3.52. The number of carbonyl (C=O) groups excluding carboxylic acids is 2. The lowest BCUT2D eigenvalue weighted by molar-refractivity contribution is 0.0549. The predicted octanol–water partition coefficient (Wildman–Crippen LogP) is 3.48. The number of halogens is 1. The van der Waals surface area contributed by atoms with Gasteiger partial charge < -0.3 is 19.3 Å². The molecule has 1 heterocycles. The standard InChI is InChI=1S/C20H17ClN2O6/c1-27-12-9-13(21)15(14(24)10-12)17-16(19(25)28-2)18(20(26)29-3)23(22-17)11-7-5-4-6-8-11/h4-10,24H,1-3H3. The quantitative estimate of drug-likeness (QED) is 0.635. The van der Waals surface area contributed by atoms with Crippen LogP contribution in [0, 0.1) is 0 Å². The molecule has 8 nitrogen and oxygen atoms in total. The van der Waals surface area contributed by atoms with Crippen LogP contribution in [0.2, 0.25) is 5.02 Å². The SMILES string of the molecule is COC(=O)c1c(-c2c(O)cc(OC)cc2Cl)nn(-c2ccccc2)c1C(=O)OC. The van der Waals surface area contributed by atoms with Crippen molar-refractivity contribution in [2.45, 2.75) is 0 Å². The minimum Gasteiger partial charge on any atom is -0.507 e. The molecule has 3 aromatic rings. The monoisotopic (exact) mass is 416 g/mol. The highest BCUT2D eigenvalue weighted by atomic mass is 35.5. The molecule has 0 saturated heterocycles. The maximum Gasteiger partial charge on any atom is 0.357 e. The first-order valence-electron chi connectivity index (χ1n) is 8.34. The van der Waals surface area contributed by atoms with Gasteiger partial charge in [-0.1, -0.05) is 29.8 Å². The topological polar surface area (TPSA) is 99.9 Å². The molecule has 0 aliphatic rings. The summed E-state index contributed by atoms with van der Waals surface area (Å²) in [5.41, 5.74) is 0.157. The van der Waals surface area contributed by atoms with E-state index in [1.165, 1.54) is 38.1 Å². The van der Waals surface area contributed by atoms with E-state index in [-0.39, 0.29) is 33.3 Å². The van der Waals surface area contributed by atoms with Crippen LogP contribution in [0.15, 0.2) is 42.5 Å². The molecule has 0 bridgehead atoms. The fourth-order valence-electron chi connectivity index (χ4n) is 2.85. The molecule has 0 fully saturated rings. The first-order valence-corrected chi connectivity index (χ1v) is 8.72. The number of rotatable bonds is 5. The largest absolute Gasteiger partial charge is 0.507 e. The zero-order valence-electron chi connectivity index (χ0n) is 15.8. The average Bonchev–Trinajstić information content (AvgIpc) is 3.12. The summed E-state index contributed by atoms with van der Waals surface area (Å²) < 4.78 is 16.0. The van der Waals surface area contributed by atoms with E-state index in [2.05, 4.69) is 5.10 Å². The third-order valence-electron chi connectivity index (χ3n) is 4.17. The van der Waals surface area contributed by atoms with Crippen molar-refractivity contribution < 1.29 is 28.9 Å². The summed E-state index contributed by atoms with van der Waals surface area (Å²) in [7, 11) is 3.77. The molecule has 29 heavy (non-hydrogen) atoms. The number of para-hydroxylation sites is 1. The normalized spacial score (nSPS) is 10.5. The number of aromatic nitrogens is 2. The first kappa shape index (κ1) is 20.2. The van der Waals surface area contributed by atoms with E-state index in [4.69, 9.17) is 25.8 Å². The minimum absolute atomic E-state index is 0.0359. The van der Waals surface area contributed by atoms with Crippen LogP contribution in [0.1, 0.15) is 20.8 Å². The summed E-state index contributed by atoms with van der Waals surface area (Å²) in [6.45, 7) is 0. The van der Waals surface area contributed by atoms with Crippen molar-refractivity contribution in [3.05, 3.63) is 58.7 Å². The number of hydrogen-bond acceptors (Lipinski definition) is 7. The maximum absolute atomic E-state index is 12.6. The van der Waals surface area contributed by atoms with Crippen molar-refractivity contribution in [2.24, 2.45) is 0 Å². The fraction of sp³-hybridized carbons (Fsp3) is 0.150. The molecule has 9 heteroatoms. The number of carbonyl (C=O) groups is 2. The molecule has 3 rings (SSSR count). The molecule has 150 valence electrons. The van der Waals surface area contributed by atoms with Gasteiger partial charge in [-0.25, -0.2) is 14.3 Å². The van der Waals surface area contributed by atoms with E-state index >= 15 is 0 Å². The number of methoxy groups -OCH3 is 3. The Balaban J connectivity index is 2.41. The van der Waals surface area contributed by atoms with E-state index in [9.17, 15) is 14.7 Å². The van der Waals surface area contributed by atoms with Gasteiger partial charge in [-0.15, -0.1) is 0 Å². The molecule has 0 atom stereocenters. The zero-order valence-corrected chi connectivity index (χ0v) is 16.6. The van der Waals surface area contributed by atoms with Gasteiger partial charge in [-0.05, 0) is 18.2 Å². The Bertz CT molecular complexity index is 1060. The lowest BCUT2D eigenvalue weighted by Crippen LogP contribution is -2.15. The van der Waals surface area contributed by atoms with Gasteiger partial charge in [0, 0.05) is 6.07 Å². The van der Waals surface area contributed by atoms with E-state index in [0.717, 1.165) is 0 Å². The Kier molecular flexibility index (Phi) is 5.74. The molecule has 0 spiro atoms. The lowest BCUT2D eigenvalue weighted by atomic mass is 10.0. The van der Waals surface area contributed by atoms with E-state index in [1.54, 1.807) is 30.3 Å². The molecule has 0 unspecified atom stereocenters. The van der Waals surface area contributed by atoms with Crippen LogP contribution in [-0.2, 0) is 9.47 Å². The summed E-state index contributed by atoms with van der Waals surface area (Å²) in [6.07, 6.45) is 0. The Labute approximate surface area is 171 Å². The Morgan fingerprint density at radius 2 is 1.69 bits per heavy atom. The van der Waals surface area contributed by atoms with Gasteiger partial charge in [0.15, 0.2) is 5.69 Å². The summed E-state index contributed by atoms with van der Waals surface area (Å²) in [5, 5.41) is 15.0. The number of phenols is 1. The third kappa shape index (κ3) is 3.62. The fourth-order valence-corrected chi connectivity index (χ4v) is 3.14. The van der Waals surface area contributed by atoms with Crippen LogP contribution in [0.5, 0.6) is 11.5 Å². The number of ether oxygens (including phenoxy) is 3. The second-order valence-electron chi connectivity index (χ2n) is 5.81. The highest BCUT2D eigenvalue weighted by molar-refractivity contribution is 6.34. The van der Waals surface area contributed by atoms with Crippen molar-refractivity contribution in [1.82, 2.24) is 9.78 Å². The van der Waals surface area contributed by atoms with Crippen LogP contribution >= 0.6 is 11.6 Å². The van der Waals surface area contributed by atoms with Crippen molar-refractivity contribution in [2.75, 3.05) is 21.3 Å². The molecular weight excluding hydrogens is 400 g/mol. The summed E-state index contributed by atoms with van der Waals surface area (Å²) >= 11 is 6.33. The average molecular weight is 417 g/mol. The number of nitrogens with zero attached hydrogens (tertiary/aromatic N) is 2. The summed E-state index contributed by atoms with van der Waals surface area (Å²) in [5.74, 6) is -1.62. The Morgan fingerprint density at radius 1 is 1.03 bits per heavy atom.